The molecule has 0 amide bonds. The van der Waals surface area contributed by atoms with Crippen LogP contribution in [0.15, 0.2) is 42.6 Å². The van der Waals surface area contributed by atoms with Crippen molar-refractivity contribution in [2.45, 2.75) is 26.0 Å². The number of nitrogens with two attached hydrogens (primary N) is 1. The average molecular weight is 272 g/mol. The number of aromatic nitrogens is 1. The van der Waals surface area contributed by atoms with Gasteiger partial charge in [0, 0.05) is 12.2 Å². The molecule has 1 aromatic carbocycles. The van der Waals surface area contributed by atoms with Crippen LogP contribution in [0.4, 0.5) is 0 Å². The number of hydrogen-bond acceptors (Lipinski definition) is 4. The van der Waals surface area contributed by atoms with Gasteiger partial charge in [-0.2, -0.15) is 0 Å². The first-order valence-electron chi connectivity index (χ1n) is 6.64. The van der Waals surface area contributed by atoms with Crippen LogP contribution in [0.3, 0.4) is 0 Å². The van der Waals surface area contributed by atoms with Crippen LogP contribution in [0.1, 0.15) is 18.2 Å². The Balaban J connectivity index is 2.13. The van der Waals surface area contributed by atoms with E-state index in [0.717, 1.165) is 29.2 Å². The predicted octanol–water partition coefficient (Wildman–Crippen LogP) is 2.56. The summed E-state index contributed by atoms with van der Waals surface area (Å²) >= 11 is 0. The number of pyridine rings is 1. The van der Waals surface area contributed by atoms with Gasteiger partial charge in [0.1, 0.15) is 18.1 Å². The van der Waals surface area contributed by atoms with Crippen LogP contribution < -0.4 is 15.2 Å². The molecular formula is C16H20N2O2. The van der Waals surface area contributed by atoms with E-state index in [-0.39, 0.29) is 6.04 Å². The Bertz CT molecular complexity index is 541. The molecule has 0 radical (unpaired) electrons. The first kappa shape index (κ1) is 14.3. The maximum atomic E-state index is 5.88. The standard InChI is InChI=1S/C16H20N2O2/c1-12(17)9-13-10-15(19-2)6-7-16(13)20-11-14-5-3-4-8-18-14/h3-8,10,12H,9,11,17H2,1-2H3. The van der Waals surface area contributed by atoms with Crippen LogP contribution in [0.25, 0.3) is 0 Å². The molecule has 0 aliphatic heterocycles. The SMILES string of the molecule is COc1ccc(OCc2ccccn2)c(CC(C)N)c1. The molecular weight excluding hydrogens is 252 g/mol. The lowest BCUT2D eigenvalue weighted by Gasteiger charge is -2.14. The molecule has 4 nitrogen and oxygen atoms in total. The molecule has 106 valence electrons. The van der Waals surface area contributed by atoms with E-state index in [2.05, 4.69) is 4.98 Å². The molecule has 2 aromatic rings. The van der Waals surface area contributed by atoms with E-state index in [1.54, 1.807) is 13.3 Å². The molecule has 2 N–H and O–H groups in total. The van der Waals surface area contributed by atoms with Crippen molar-refractivity contribution in [2.24, 2.45) is 5.73 Å². The zero-order valence-electron chi connectivity index (χ0n) is 11.9. The topological polar surface area (TPSA) is 57.4 Å². The molecule has 0 spiro atoms. The quantitative estimate of drug-likeness (QED) is 0.878. The predicted molar refractivity (Wildman–Crippen MR) is 78.9 cm³/mol. The van der Waals surface area contributed by atoms with Crippen LogP contribution in [-0.4, -0.2) is 18.1 Å². The average Bonchev–Trinajstić information content (AvgIpc) is 2.46. The number of rotatable bonds is 6. The Hall–Kier alpha value is -2.07. The molecule has 2 rings (SSSR count). The summed E-state index contributed by atoms with van der Waals surface area (Å²) in [5.41, 5.74) is 7.83. The third kappa shape index (κ3) is 3.96. The van der Waals surface area contributed by atoms with Crippen LogP contribution in [0.5, 0.6) is 11.5 Å². The van der Waals surface area contributed by atoms with Gasteiger partial charge >= 0.3 is 0 Å². The fourth-order valence-corrected chi connectivity index (χ4v) is 1.97. The number of methoxy groups -OCH3 is 1. The minimum Gasteiger partial charge on any atom is -0.497 e. The molecule has 1 unspecified atom stereocenters. The smallest absolute Gasteiger partial charge is 0.130 e. The summed E-state index contributed by atoms with van der Waals surface area (Å²) in [7, 11) is 1.65. The maximum absolute atomic E-state index is 5.88. The normalized spacial score (nSPS) is 11.9. The van der Waals surface area contributed by atoms with Crippen molar-refractivity contribution < 1.29 is 9.47 Å². The van der Waals surface area contributed by atoms with Crippen molar-refractivity contribution >= 4 is 0 Å². The van der Waals surface area contributed by atoms with Gasteiger partial charge in [-0.05, 0) is 49.2 Å². The summed E-state index contributed by atoms with van der Waals surface area (Å²) in [6, 6.07) is 11.6. The lowest BCUT2D eigenvalue weighted by Crippen LogP contribution is -2.18. The van der Waals surface area contributed by atoms with Crippen molar-refractivity contribution in [1.29, 1.82) is 0 Å². The molecule has 1 aromatic heterocycles. The Morgan fingerprint density at radius 3 is 2.75 bits per heavy atom. The Kier molecular flexibility index (Phi) is 4.96. The highest BCUT2D eigenvalue weighted by Crippen LogP contribution is 2.26. The van der Waals surface area contributed by atoms with Gasteiger partial charge in [-0.3, -0.25) is 4.98 Å². The van der Waals surface area contributed by atoms with Crippen LogP contribution >= 0.6 is 0 Å². The van der Waals surface area contributed by atoms with E-state index in [1.165, 1.54) is 0 Å². The van der Waals surface area contributed by atoms with Crippen molar-refractivity contribution in [3.05, 3.63) is 53.9 Å². The lowest BCUT2D eigenvalue weighted by molar-refractivity contribution is 0.297. The number of benzene rings is 1. The molecule has 0 bridgehead atoms. The molecule has 1 atom stereocenters. The van der Waals surface area contributed by atoms with E-state index in [0.29, 0.717) is 6.61 Å². The molecule has 0 aliphatic carbocycles. The van der Waals surface area contributed by atoms with Crippen LogP contribution in [0.2, 0.25) is 0 Å². The van der Waals surface area contributed by atoms with Gasteiger partial charge in [-0.15, -0.1) is 0 Å². The molecule has 4 heteroatoms. The highest BCUT2D eigenvalue weighted by Gasteiger charge is 2.08. The summed E-state index contributed by atoms with van der Waals surface area (Å²) in [4.78, 5) is 4.24. The summed E-state index contributed by atoms with van der Waals surface area (Å²) in [5.74, 6) is 1.64. The third-order valence-corrected chi connectivity index (χ3v) is 2.91. The van der Waals surface area contributed by atoms with Gasteiger partial charge in [0.05, 0.1) is 12.8 Å². The summed E-state index contributed by atoms with van der Waals surface area (Å²) in [6.07, 6.45) is 2.50. The Morgan fingerprint density at radius 2 is 2.10 bits per heavy atom. The first-order chi connectivity index (χ1) is 9.69. The summed E-state index contributed by atoms with van der Waals surface area (Å²) < 4.78 is 11.1. The Labute approximate surface area is 119 Å². The van der Waals surface area contributed by atoms with Gasteiger partial charge in [0.15, 0.2) is 0 Å². The van der Waals surface area contributed by atoms with E-state index in [4.69, 9.17) is 15.2 Å². The number of ether oxygens (including phenoxy) is 2. The number of hydrogen-bond donors (Lipinski definition) is 1. The Morgan fingerprint density at radius 1 is 1.25 bits per heavy atom. The van der Waals surface area contributed by atoms with Gasteiger partial charge in [-0.1, -0.05) is 6.07 Å². The zero-order valence-corrected chi connectivity index (χ0v) is 11.9. The van der Waals surface area contributed by atoms with Crippen molar-refractivity contribution in [1.82, 2.24) is 4.98 Å². The van der Waals surface area contributed by atoms with Crippen molar-refractivity contribution in [3.63, 3.8) is 0 Å². The molecule has 1 heterocycles. The van der Waals surface area contributed by atoms with Gasteiger partial charge < -0.3 is 15.2 Å². The molecule has 0 aliphatic rings. The van der Waals surface area contributed by atoms with E-state index in [1.807, 2.05) is 43.3 Å². The van der Waals surface area contributed by atoms with Gasteiger partial charge in [-0.25, -0.2) is 0 Å². The van der Waals surface area contributed by atoms with E-state index < -0.39 is 0 Å². The fraction of sp³-hybridized carbons (Fsp3) is 0.312. The van der Waals surface area contributed by atoms with Crippen molar-refractivity contribution in [3.8, 4) is 11.5 Å². The van der Waals surface area contributed by atoms with E-state index in [9.17, 15) is 0 Å². The third-order valence-electron chi connectivity index (χ3n) is 2.91. The minimum absolute atomic E-state index is 0.0688. The molecule has 0 fully saturated rings. The second-order valence-electron chi connectivity index (χ2n) is 4.76. The van der Waals surface area contributed by atoms with Gasteiger partial charge in [0.25, 0.3) is 0 Å². The second-order valence-corrected chi connectivity index (χ2v) is 4.76. The summed E-state index contributed by atoms with van der Waals surface area (Å²) in [6.45, 7) is 2.42. The first-order valence-corrected chi connectivity index (χ1v) is 6.64. The highest BCUT2D eigenvalue weighted by atomic mass is 16.5. The fourth-order valence-electron chi connectivity index (χ4n) is 1.97. The van der Waals surface area contributed by atoms with Crippen molar-refractivity contribution in [2.75, 3.05) is 7.11 Å². The second kappa shape index (κ2) is 6.91. The van der Waals surface area contributed by atoms with Crippen LogP contribution in [0, 0.1) is 0 Å². The number of nitrogens with zero attached hydrogens (tertiary/aromatic N) is 1. The monoisotopic (exact) mass is 272 g/mol. The van der Waals surface area contributed by atoms with E-state index >= 15 is 0 Å². The maximum Gasteiger partial charge on any atom is 0.130 e. The van der Waals surface area contributed by atoms with Gasteiger partial charge in [0.2, 0.25) is 0 Å². The molecule has 20 heavy (non-hydrogen) atoms. The lowest BCUT2D eigenvalue weighted by atomic mass is 10.1. The molecule has 0 saturated carbocycles. The van der Waals surface area contributed by atoms with Crippen LogP contribution in [-0.2, 0) is 13.0 Å². The highest BCUT2D eigenvalue weighted by molar-refractivity contribution is 5.40. The minimum atomic E-state index is 0.0688. The molecule has 0 saturated heterocycles. The summed E-state index contributed by atoms with van der Waals surface area (Å²) in [5, 5.41) is 0. The zero-order chi connectivity index (χ0) is 14.4. The largest absolute Gasteiger partial charge is 0.497 e.